The first-order valence-corrected chi connectivity index (χ1v) is 7.54. The second-order valence-electron chi connectivity index (χ2n) is 5.21. The lowest BCUT2D eigenvalue weighted by Crippen LogP contribution is -2.25. The molecule has 1 amide bonds. The predicted molar refractivity (Wildman–Crippen MR) is 89.1 cm³/mol. The maximum absolute atomic E-state index is 12.1. The number of nitriles is 1. The summed E-state index contributed by atoms with van der Waals surface area (Å²) in [4.78, 5) is 16.5. The van der Waals surface area contributed by atoms with E-state index in [-0.39, 0.29) is 5.91 Å². The van der Waals surface area contributed by atoms with Crippen molar-refractivity contribution in [3.05, 3.63) is 77.7 Å². The number of carbonyl (C=O) groups is 1. The fraction of sp³-hybridized carbons (Fsp3) is 0.105. The third-order valence-electron chi connectivity index (χ3n) is 3.49. The molecule has 118 valence electrons. The van der Waals surface area contributed by atoms with E-state index in [0.29, 0.717) is 30.0 Å². The molecule has 0 saturated carbocycles. The number of nitrogens with zero attached hydrogens (tertiary/aromatic N) is 2. The van der Waals surface area contributed by atoms with Gasteiger partial charge in [-0.2, -0.15) is 5.26 Å². The van der Waals surface area contributed by atoms with Crippen molar-refractivity contribution in [2.75, 3.05) is 6.54 Å². The largest absolute Gasteiger partial charge is 0.444 e. The number of aromatic nitrogens is 1. The van der Waals surface area contributed by atoms with Gasteiger partial charge in [0, 0.05) is 24.1 Å². The van der Waals surface area contributed by atoms with Crippen LogP contribution in [0.25, 0.3) is 11.5 Å². The van der Waals surface area contributed by atoms with Crippen molar-refractivity contribution in [3.63, 3.8) is 0 Å². The lowest BCUT2D eigenvalue weighted by molar-refractivity contribution is 0.0954. The van der Waals surface area contributed by atoms with E-state index in [2.05, 4.69) is 10.3 Å². The van der Waals surface area contributed by atoms with Crippen molar-refractivity contribution in [1.82, 2.24) is 10.3 Å². The van der Waals surface area contributed by atoms with Gasteiger partial charge in [0.15, 0.2) is 0 Å². The molecule has 0 unspecified atom stereocenters. The minimum absolute atomic E-state index is 0.209. The molecule has 24 heavy (non-hydrogen) atoms. The number of hydrogen-bond acceptors (Lipinski definition) is 4. The molecule has 0 aliphatic rings. The molecule has 0 spiro atoms. The molecule has 2 aromatic carbocycles. The fourth-order valence-electron chi connectivity index (χ4n) is 2.27. The third-order valence-corrected chi connectivity index (χ3v) is 3.49. The van der Waals surface area contributed by atoms with Crippen molar-refractivity contribution < 1.29 is 9.21 Å². The molecular weight excluding hydrogens is 302 g/mol. The number of rotatable bonds is 5. The molecule has 1 N–H and O–H groups in total. The number of carbonyl (C=O) groups excluding carboxylic acids is 1. The van der Waals surface area contributed by atoms with Crippen LogP contribution in [0.15, 0.2) is 65.3 Å². The second-order valence-corrected chi connectivity index (χ2v) is 5.21. The maximum atomic E-state index is 12.1. The summed E-state index contributed by atoms with van der Waals surface area (Å²) in [5.74, 6) is 0.359. The van der Waals surface area contributed by atoms with Gasteiger partial charge in [-0.15, -0.1) is 0 Å². The van der Waals surface area contributed by atoms with E-state index in [1.165, 1.54) is 0 Å². The van der Waals surface area contributed by atoms with Gasteiger partial charge in [-0.1, -0.05) is 24.3 Å². The maximum Gasteiger partial charge on any atom is 0.251 e. The van der Waals surface area contributed by atoms with Gasteiger partial charge in [0.1, 0.15) is 6.26 Å². The molecule has 3 rings (SSSR count). The van der Waals surface area contributed by atoms with E-state index in [0.717, 1.165) is 11.3 Å². The first-order valence-electron chi connectivity index (χ1n) is 7.54. The van der Waals surface area contributed by atoms with E-state index >= 15 is 0 Å². The zero-order chi connectivity index (χ0) is 16.8. The molecule has 0 fully saturated rings. The average molecular weight is 317 g/mol. The van der Waals surface area contributed by atoms with Crippen LogP contribution in [0.3, 0.4) is 0 Å². The van der Waals surface area contributed by atoms with Crippen molar-refractivity contribution in [3.8, 4) is 17.5 Å². The Morgan fingerprint density at radius 1 is 1.17 bits per heavy atom. The van der Waals surface area contributed by atoms with Crippen molar-refractivity contribution >= 4 is 5.91 Å². The standard InChI is InChI=1S/C19H15N3O2/c20-12-14-5-4-8-16(11-14)18(23)21-10-9-17-13-24-19(22-17)15-6-2-1-3-7-15/h1-8,11,13H,9-10H2,(H,21,23). The Kier molecular flexibility index (Phi) is 4.68. The second kappa shape index (κ2) is 7.25. The fourth-order valence-corrected chi connectivity index (χ4v) is 2.27. The van der Waals surface area contributed by atoms with Gasteiger partial charge in [-0.05, 0) is 30.3 Å². The first-order chi connectivity index (χ1) is 11.8. The van der Waals surface area contributed by atoms with Gasteiger partial charge in [0.05, 0.1) is 17.3 Å². The van der Waals surface area contributed by atoms with E-state index in [1.54, 1.807) is 30.5 Å². The molecule has 0 aliphatic heterocycles. The van der Waals surface area contributed by atoms with Crippen molar-refractivity contribution in [1.29, 1.82) is 5.26 Å². The summed E-state index contributed by atoms with van der Waals surface area (Å²) in [5, 5.41) is 11.7. The van der Waals surface area contributed by atoms with Crippen LogP contribution in [0.1, 0.15) is 21.6 Å². The zero-order valence-corrected chi connectivity index (χ0v) is 12.9. The van der Waals surface area contributed by atoms with Crippen LogP contribution in [0, 0.1) is 11.3 Å². The van der Waals surface area contributed by atoms with Crippen LogP contribution in [-0.2, 0) is 6.42 Å². The van der Waals surface area contributed by atoms with Gasteiger partial charge in [-0.3, -0.25) is 4.79 Å². The molecule has 1 aromatic heterocycles. The minimum Gasteiger partial charge on any atom is -0.444 e. The Balaban J connectivity index is 1.56. The average Bonchev–Trinajstić information content (AvgIpc) is 3.11. The van der Waals surface area contributed by atoms with Crippen LogP contribution in [0.5, 0.6) is 0 Å². The van der Waals surface area contributed by atoms with E-state index < -0.39 is 0 Å². The normalized spacial score (nSPS) is 10.1. The molecule has 1 heterocycles. The lowest BCUT2D eigenvalue weighted by atomic mass is 10.1. The number of nitrogens with one attached hydrogen (secondary N) is 1. The Hall–Kier alpha value is -3.39. The number of amides is 1. The molecular formula is C19H15N3O2. The van der Waals surface area contributed by atoms with Crippen LogP contribution in [0.2, 0.25) is 0 Å². The molecule has 0 aliphatic carbocycles. The van der Waals surface area contributed by atoms with Gasteiger partial charge < -0.3 is 9.73 Å². The lowest BCUT2D eigenvalue weighted by Gasteiger charge is -2.04. The van der Waals surface area contributed by atoms with E-state index in [1.807, 2.05) is 36.4 Å². The molecule has 5 nitrogen and oxygen atoms in total. The minimum atomic E-state index is -0.209. The van der Waals surface area contributed by atoms with E-state index in [9.17, 15) is 4.79 Å². The van der Waals surface area contributed by atoms with Crippen LogP contribution in [0.4, 0.5) is 0 Å². The van der Waals surface area contributed by atoms with Gasteiger partial charge in [0.25, 0.3) is 5.91 Å². The highest BCUT2D eigenvalue weighted by Gasteiger charge is 2.08. The molecule has 0 bridgehead atoms. The molecule has 0 atom stereocenters. The summed E-state index contributed by atoms with van der Waals surface area (Å²) in [6.45, 7) is 0.441. The van der Waals surface area contributed by atoms with Crippen molar-refractivity contribution in [2.24, 2.45) is 0 Å². The molecule has 3 aromatic rings. The smallest absolute Gasteiger partial charge is 0.251 e. The van der Waals surface area contributed by atoms with Gasteiger partial charge in [0.2, 0.25) is 5.89 Å². The molecule has 0 saturated heterocycles. The Bertz CT molecular complexity index is 879. The van der Waals surface area contributed by atoms with Gasteiger partial charge in [-0.25, -0.2) is 4.98 Å². The van der Waals surface area contributed by atoms with Crippen LogP contribution < -0.4 is 5.32 Å². The summed E-state index contributed by atoms with van der Waals surface area (Å²) in [6, 6.07) is 18.3. The highest BCUT2D eigenvalue weighted by molar-refractivity contribution is 5.94. The molecule has 5 heteroatoms. The summed E-state index contributed by atoms with van der Waals surface area (Å²) in [5.41, 5.74) is 2.63. The quantitative estimate of drug-likeness (QED) is 0.784. The predicted octanol–water partition coefficient (Wildman–Crippen LogP) is 3.19. The SMILES string of the molecule is N#Cc1cccc(C(=O)NCCc2coc(-c3ccccc3)n2)c1. The highest BCUT2D eigenvalue weighted by atomic mass is 16.3. The topological polar surface area (TPSA) is 78.9 Å². The number of benzene rings is 2. The number of oxazole rings is 1. The van der Waals surface area contributed by atoms with Gasteiger partial charge >= 0.3 is 0 Å². The van der Waals surface area contributed by atoms with Crippen LogP contribution >= 0.6 is 0 Å². The Labute approximate surface area is 139 Å². The van der Waals surface area contributed by atoms with E-state index in [4.69, 9.17) is 9.68 Å². The first kappa shape index (κ1) is 15.5. The summed E-state index contributed by atoms with van der Waals surface area (Å²) >= 11 is 0. The van der Waals surface area contributed by atoms with Crippen molar-refractivity contribution in [2.45, 2.75) is 6.42 Å². The summed E-state index contributed by atoms with van der Waals surface area (Å²) in [7, 11) is 0. The molecule has 0 radical (unpaired) electrons. The summed E-state index contributed by atoms with van der Waals surface area (Å²) < 4.78 is 5.46. The monoisotopic (exact) mass is 317 g/mol. The number of hydrogen-bond donors (Lipinski definition) is 1. The summed E-state index contributed by atoms with van der Waals surface area (Å²) in [6.07, 6.45) is 2.17. The highest BCUT2D eigenvalue weighted by Crippen LogP contribution is 2.17. The van der Waals surface area contributed by atoms with Crippen LogP contribution in [-0.4, -0.2) is 17.4 Å². The zero-order valence-electron chi connectivity index (χ0n) is 12.9. The Morgan fingerprint density at radius 2 is 2.00 bits per heavy atom. The Morgan fingerprint density at radius 3 is 2.79 bits per heavy atom. The third kappa shape index (κ3) is 3.68.